The molecular weight excluding hydrogens is 196 g/mol. The molecule has 0 radical (unpaired) electrons. The fraction of sp³-hybridized carbons (Fsp3) is 0.556. The summed E-state index contributed by atoms with van der Waals surface area (Å²) in [6.07, 6.45) is 0. The molecule has 1 heterocycles. The fourth-order valence-electron chi connectivity index (χ4n) is 0.817. The predicted molar refractivity (Wildman–Crippen MR) is 58.8 cm³/mol. The zero-order chi connectivity index (χ0) is 10.8. The van der Waals surface area contributed by atoms with Crippen LogP contribution in [0, 0.1) is 0 Å². The first kappa shape index (κ1) is 11.0. The SMILES string of the molecule is C=C(N)NCc1nnc(C(C)(C)C)s1. The Morgan fingerprint density at radius 2 is 2.14 bits per heavy atom. The summed E-state index contributed by atoms with van der Waals surface area (Å²) in [5.74, 6) is 0.456. The molecule has 3 N–H and O–H groups in total. The van der Waals surface area contributed by atoms with Crippen molar-refractivity contribution >= 4 is 11.3 Å². The van der Waals surface area contributed by atoms with Gasteiger partial charge in [-0.3, -0.25) is 0 Å². The van der Waals surface area contributed by atoms with Gasteiger partial charge in [-0.05, 0) is 0 Å². The summed E-state index contributed by atoms with van der Waals surface area (Å²) in [7, 11) is 0. The second kappa shape index (κ2) is 3.96. The van der Waals surface area contributed by atoms with Crippen LogP contribution in [0.2, 0.25) is 0 Å². The first-order chi connectivity index (χ1) is 6.39. The summed E-state index contributed by atoms with van der Waals surface area (Å²) in [5, 5.41) is 13.1. The van der Waals surface area contributed by atoms with Crippen molar-refractivity contribution in [1.29, 1.82) is 0 Å². The van der Waals surface area contributed by atoms with Crippen molar-refractivity contribution < 1.29 is 0 Å². The quantitative estimate of drug-likeness (QED) is 0.794. The van der Waals surface area contributed by atoms with E-state index in [1.54, 1.807) is 11.3 Å². The van der Waals surface area contributed by atoms with Gasteiger partial charge in [0.2, 0.25) is 0 Å². The monoisotopic (exact) mass is 212 g/mol. The Hall–Kier alpha value is -1.10. The lowest BCUT2D eigenvalue weighted by Gasteiger charge is -2.12. The van der Waals surface area contributed by atoms with E-state index in [9.17, 15) is 0 Å². The molecule has 0 saturated carbocycles. The molecule has 0 bridgehead atoms. The molecule has 0 atom stereocenters. The highest BCUT2D eigenvalue weighted by atomic mass is 32.1. The molecule has 0 unspecified atom stereocenters. The molecule has 14 heavy (non-hydrogen) atoms. The molecule has 0 saturated heterocycles. The van der Waals surface area contributed by atoms with E-state index in [2.05, 4.69) is 42.9 Å². The van der Waals surface area contributed by atoms with Gasteiger partial charge in [-0.15, -0.1) is 10.2 Å². The van der Waals surface area contributed by atoms with Gasteiger partial charge in [-0.1, -0.05) is 38.7 Å². The van der Waals surface area contributed by atoms with E-state index < -0.39 is 0 Å². The first-order valence-electron chi connectivity index (χ1n) is 4.40. The maximum absolute atomic E-state index is 5.38. The molecule has 1 aromatic rings. The minimum Gasteiger partial charge on any atom is -0.386 e. The van der Waals surface area contributed by atoms with Crippen LogP contribution in [0.5, 0.6) is 0 Å². The van der Waals surface area contributed by atoms with E-state index in [4.69, 9.17) is 5.73 Å². The van der Waals surface area contributed by atoms with Crippen LogP contribution in [0.4, 0.5) is 0 Å². The Labute approximate surface area is 88.2 Å². The second-order valence-electron chi connectivity index (χ2n) is 4.13. The molecule has 1 aromatic heterocycles. The Balaban J connectivity index is 2.64. The van der Waals surface area contributed by atoms with Crippen molar-refractivity contribution in [2.24, 2.45) is 5.73 Å². The van der Waals surface area contributed by atoms with E-state index in [0.29, 0.717) is 12.4 Å². The maximum atomic E-state index is 5.38. The van der Waals surface area contributed by atoms with Crippen LogP contribution in [-0.4, -0.2) is 10.2 Å². The largest absolute Gasteiger partial charge is 0.386 e. The van der Waals surface area contributed by atoms with Gasteiger partial charge in [0, 0.05) is 5.41 Å². The summed E-state index contributed by atoms with van der Waals surface area (Å²) in [6.45, 7) is 10.5. The smallest absolute Gasteiger partial charge is 0.136 e. The van der Waals surface area contributed by atoms with Gasteiger partial charge in [0.1, 0.15) is 10.0 Å². The van der Waals surface area contributed by atoms with Gasteiger partial charge in [0.15, 0.2) is 0 Å². The highest BCUT2D eigenvalue weighted by Crippen LogP contribution is 2.25. The number of hydrogen-bond acceptors (Lipinski definition) is 5. The molecule has 0 aromatic carbocycles. The van der Waals surface area contributed by atoms with Crippen molar-refractivity contribution in [3.63, 3.8) is 0 Å². The van der Waals surface area contributed by atoms with Gasteiger partial charge < -0.3 is 11.1 Å². The van der Waals surface area contributed by atoms with Gasteiger partial charge in [-0.2, -0.15) is 0 Å². The Kier molecular flexibility index (Phi) is 3.10. The second-order valence-corrected chi connectivity index (χ2v) is 5.19. The van der Waals surface area contributed by atoms with Crippen molar-refractivity contribution in [1.82, 2.24) is 15.5 Å². The molecule has 78 valence electrons. The van der Waals surface area contributed by atoms with Crippen LogP contribution in [0.15, 0.2) is 12.4 Å². The highest BCUT2D eigenvalue weighted by Gasteiger charge is 2.18. The number of nitrogens with two attached hydrogens (primary N) is 1. The topological polar surface area (TPSA) is 63.8 Å². The standard InChI is InChI=1S/C9H16N4S/c1-6(10)11-5-7-12-13-8(14-7)9(2,3)4/h11H,1,5,10H2,2-4H3. The molecule has 0 aliphatic carbocycles. The molecule has 0 spiro atoms. The molecule has 0 aliphatic rings. The van der Waals surface area contributed by atoms with Gasteiger partial charge in [-0.25, -0.2) is 0 Å². The van der Waals surface area contributed by atoms with Crippen molar-refractivity contribution in [2.75, 3.05) is 0 Å². The number of nitrogens with zero attached hydrogens (tertiary/aromatic N) is 2. The number of aromatic nitrogens is 2. The summed E-state index contributed by atoms with van der Waals surface area (Å²) in [6, 6.07) is 0. The lowest BCUT2D eigenvalue weighted by Crippen LogP contribution is -2.17. The van der Waals surface area contributed by atoms with Crippen LogP contribution in [-0.2, 0) is 12.0 Å². The molecule has 0 aliphatic heterocycles. The third-order valence-corrected chi connectivity index (χ3v) is 2.92. The molecule has 0 fully saturated rings. The fourth-order valence-corrected chi connectivity index (χ4v) is 1.65. The molecule has 0 amide bonds. The Bertz CT molecular complexity index is 324. The van der Waals surface area contributed by atoms with E-state index >= 15 is 0 Å². The Morgan fingerprint density at radius 3 is 2.57 bits per heavy atom. The lowest BCUT2D eigenvalue weighted by molar-refractivity contribution is 0.577. The maximum Gasteiger partial charge on any atom is 0.136 e. The first-order valence-corrected chi connectivity index (χ1v) is 5.22. The summed E-state index contributed by atoms with van der Waals surface area (Å²) in [4.78, 5) is 0. The zero-order valence-corrected chi connectivity index (χ0v) is 9.61. The van der Waals surface area contributed by atoms with E-state index in [1.165, 1.54) is 0 Å². The predicted octanol–water partition coefficient (Wildman–Crippen LogP) is 1.36. The molecule has 4 nitrogen and oxygen atoms in total. The number of nitrogens with one attached hydrogen (secondary N) is 1. The molecule has 1 rings (SSSR count). The van der Waals surface area contributed by atoms with Crippen molar-refractivity contribution in [3.8, 4) is 0 Å². The minimum absolute atomic E-state index is 0.0651. The zero-order valence-electron chi connectivity index (χ0n) is 8.79. The average Bonchev–Trinajstić information content (AvgIpc) is 2.47. The summed E-state index contributed by atoms with van der Waals surface area (Å²) in [5.41, 5.74) is 5.45. The van der Waals surface area contributed by atoms with Gasteiger partial charge in [0.05, 0.1) is 12.4 Å². The number of hydrogen-bond donors (Lipinski definition) is 2. The highest BCUT2D eigenvalue weighted by molar-refractivity contribution is 7.11. The van der Waals surface area contributed by atoms with Crippen LogP contribution in [0.3, 0.4) is 0 Å². The van der Waals surface area contributed by atoms with Crippen LogP contribution < -0.4 is 11.1 Å². The molecule has 5 heteroatoms. The average molecular weight is 212 g/mol. The van der Waals surface area contributed by atoms with Crippen molar-refractivity contribution in [3.05, 3.63) is 22.4 Å². The van der Waals surface area contributed by atoms with Crippen LogP contribution in [0.25, 0.3) is 0 Å². The molecular formula is C9H16N4S. The van der Waals surface area contributed by atoms with Crippen molar-refractivity contribution in [2.45, 2.75) is 32.7 Å². The third kappa shape index (κ3) is 2.99. The van der Waals surface area contributed by atoms with Crippen LogP contribution in [0.1, 0.15) is 30.8 Å². The van der Waals surface area contributed by atoms with E-state index in [0.717, 1.165) is 10.0 Å². The van der Waals surface area contributed by atoms with E-state index in [1.807, 2.05) is 0 Å². The lowest BCUT2D eigenvalue weighted by atomic mass is 9.98. The Morgan fingerprint density at radius 1 is 1.50 bits per heavy atom. The van der Waals surface area contributed by atoms with Gasteiger partial charge in [0.25, 0.3) is 0 Å². The van der Waals surface area contributed by atoms with Gasteiger partial charge >= 0.3 is 0 Å². The summed E-state index contributed by atoms with van der Waals surface area (Å²) < 4.78 is 0. The third-order valence-electron chi connectivity index (χ3n) is 1.58. The minimum atomic E-state index is 0.0651. The summed E-state index contributed by atoms with van der Waals surface area (Å²) >= 11 is 1.60. The number of rotatable bonds is 3. The normalized spacial score (nSPS) is 11.4. The van der Waals surface area contributed by atoms with Crippen LogP contribution >= 0.6 is 11.3 Å². The van der Waals surface area contributed by atoms with E-state index in [-0.39, 0.29) is 5.41 Å².